The molecule has 0 spiro atoms. The molecular formula is C9H10N2O2. The average Bonchev–Trinajstić information content (AvgIpc) is 2.16. The number of hydrogen-bond donors (Lipinski definition) is 2. The second kappa shape index (κ2) is 3.71. The molecule has 1 aromatic carbocycles. The van der Waals surface area contributed by atoms with Crippen LogP contribution in [0.2, 0.25) is 0 Å². The highest BCUT2D eigenvalue weighted by atomic mass is 16.5. The van der Waals surface area contributed by atoms with E-state index in [9.17, 15) is 4.79 Å². The van der Waals surface area contributed by atoms with Crippen molar-refractivity contribution < 1.29 is 9.53 Å². The Bertz CT molecular complexity index is 347. The summed E-state index contributed by atoms with van der Waals surface area (Å²) < 4.78 is 4.70. The van der Waals surface area contributed by atoms with Gasteiger partial charge in [0, 0.05) is 5.56 Å². The number of nitrogens with two attached hydrogens (primary N) is 1. The van der Waals surface area contributed by atoms with Gasteiger partial charge >= 0.3 is 0 Å². The quantitative estimate of drug-likeness (QED) is 0.518. The van der Waals surface area contributed by atoms with Gasteiger partial charge in [0.15, 0.2) is 0 Å². The van der Waals surface area contributed by atoms with E-state index in [1.54, 1.807) is 24.3 Å². The van der Waals surface area contributed by atoms with Crippen LogP contribution in [0.5, 0.6) is 0 Å². The summed E-state index contributed by atoms with van der Waals surface area (Å²) in [6.45, 7) is 0. The fraction of sp³-hybridized carbons (Fsp3) is 0.111. The van der Waals surface area contributed by atoms with Crippen molar-refractivity contribution in [2.45, 2.75) is 0 Å². The summed E-state index contributed by atoms with van der Waals surface area (Å²) >= 11 is 0. The van der Waals surface area contributed by atoms with E-state index >= 15 is 0 Å². The van der Waals surface area contributed by atoms with E-state index in [1.807, 2.05) is 0 Å². The number of rotatable bonds is 2. The fourth-order valence-corrected chi connectivity index (χ4v) is 1.01. The highest BCUT2D eigenvalue weighted by Crippen LogP contribution is 2.08. The third kappa shape index (κ3) is 1.84. The van der Waals surface area contributed by atoms with Crippen molar-refractivity contribution in [2.24, 2.45) is 5.73 Å². The van der Waals surface area contributed by atoms with Gasteiger partial charge in [-0.15, -0.1) is 0 Å². The summed E-state index contributed by atoms with van der Waals surface area (Å²) in [7, 11) is 1.38. The first-order chi connectivity index (χ1) is 6.16. The molecule has 0 saturated carbocycles. The molecule has 0 aliphatic carbocycles. The van der Waals surface area contributed by atoms with Gasteiger partial charge in [-0.2, -0.15) is 0 Å². The second-order valence-corrected chi connectivity index (χ2v) is 2.44. The van der Waals surface area contributed by atoms with Gasteiger partial charge < -0.3 is 10.5 Å². The van der Waals surface area contributed by atoms with Gasteiger partial charge in [0.2, 0.25) is 11.8 Å². The predicted molar refractivity (Wildman–Crippen MR) is 48.8 cm³/mol. The minimum absolute atomic E-state index is 0.0607. The van der Waals surface area contributed by atoms with Crippen LogP contribution in [0.3, 0.4) is 0 Å². The Morgan fingerprint density at radius 2 is 1.92 bits per heavy atom. The van der Waals surface area contributed by atoms with Crippen LogP contribution in [0.15, 0.2) is 24.3 Å². The monoisotopic (exact) mass is 178 g/mol. The Balaban J connectivity index is 3.19. The first-order valence-corrected chi connectivity index (χ1v) is 3.68. The minimum atomic E-state index is -0.558. The SMILES string of the molecule is COC(=N)c1ccccc1C(N)=O. The fourth-order valence-electron chi connectivity index (χ4n) is 1.01. The van der Waals surface area contributed by atoms with Crippen LogP contribution >= 0.6 is 0 Å². The Labute approximate surface area is 75.8 Å². The van der Waals surface area contributed by atoms with Crippen LogP contribution in [0.1, 0.15) is 15.9 Å². The third-order valence-corrected chi connectivity index (χ3v) is 1.64. The number of carbonyl (C=O) groups is 1. The molecule has 0 aliphatic rings. The van der Waals surface area contributed by atoms with E-state index in [1.165, 1.54) is 7.11 Å². The first kappa shape index (κ1) is 9.25. The van der Waals surface area contributed by atoms with Crippen LogP contribution < -0.4 is 5.73 Å². The number of amides is 1. The van der Waals surface area contributed by atoms with Crippen LogP contribution in [0.4, 0.5) is 0 Å². The summed E-state index contributed by atoms with van der Waals surface area (Å²) in [6.07, 6.45) is 0. The number of benzene rings is 1. The molecule has 0 unspecified atom stereocenters. The van der Waals surface area contributed by atoms with Gasteiger partial charge in [-0.1, -0.05) is 12.1 Å². The minimum Gasteiger partial charge on any atom is -0.481 e. The molecule has 1 rings (SSSR count). The number of methoxy groups -OCH3 is 1. The van der Waals surface area contributed by atoms with Gasteiger partial charge in [0.05, 0.1) is 12.7 Å². The van der Waals surface area contributed by atoms with Gasteiger partial charge in [0.1, 0.15) is 0 Å². The molecule has 4 heteroatoms. The molecular weight excluding hydrogens is 168 g/mol. The lowest BCUT2D eigenvalue weighted by molar-refractivity contribution is 0.1000. The van der Waals surface area contributed by atoms with Crippen molar-refractivity contribution in [3.8, 4) is 0 Å². The maximum Gasteiger partial charge on any atom is 0.249 e. The summed E-state index contributed by atoms with van der Waals surface area (Å²) in [6, 6.07) is 6.58. The summed E-state index contributed by atoms with van der Waals surface area (Å²) in [5.41, 5.74) is 5.83. The molecule has 0 aliphatic heterocycles. The molecule has 1 amide bonds. The van der Waals surface area contributed by atoms with Crippen molar-refractivity contribution in [3.05, 3.63) is 35.4 Å². The van der Waals surface area contributed by atoms with E-state index in [4.69, 9.17) is 15.9 Å². The van der Waals surface area contributed by atoms with E-state index in [-0.39, 0.29) is 5.90 Å². The molecule has 0 bridgehead atoms. The topological polar surface area (TPSA) is 76.2 Å². The molecule has 13 heavy (non-hydrogen) atoms. The van der Waals surface area contributed by atoms with E-state index in [0.717, 1.165) is 0 Å². The Kier molecular flexibility index (Phi) is 2.64. The van der Waals surface area contributed by atoms with Crippen molar-refractivity contribution in [1.29, 1.82) is 5.41 Å². The van der Waals surface area contributed by atoms with E-state index in [0.29, 0.717) is 11.1 Å². The zero-order valence-corrected chi connectivity index (χ0v) is 7.20. The molecule has 3 N–H and O–H groups in total. The van der Waals surface area contributed by atoms with Gasteiger partial charge in [-0.3, -0.25) is 10.2 Å². The predicted octanol–water partition coefficient (Wildman–Crippen LogP) is 0.757. The van der Waals surface area contributed by atoms with Gasteiger partial charge in [0.25, 0.3) is 0 Å². The average molecular weight is 178 g/mol. The van der Waals surface area contributed by atoms with E-state index in [2.05, 4.69) is 0 Å². The number of primary amides is 1. The van der Waals surface area contributed by atoms with Crippen molar-refractivity contribution >= 4 is 11.8 Å². The van der Waals surface area contributed by atoms with Crippen LogP contribution in [-0.2, 0) is 4.74 Å². The van der Waals surface area contributed by atoms with Crippen molar-refractivity contribution in [1.82, 2.24) is 0 Å². The van der Waals surface area contributed by atoms with Crippen molar-refractivity contribution in [2.75, 3.05) is 7.11 Å². The number of hydrogen-bond acceptors (Lipinski definition) is 3. The first-order valence-electron chi connectivity index (χ1n) is 3.68. The zero-order valence-electron chi connectivity index (χ0n) is 7.20. The molecule has 1 aromatic rings. The maximum absolute atomic E-state index is 10.9. The maximum atomic E-state index is 10.9. The highest BCUT2D eigenvalue weighted by Gasteiger charge is 2.10. The van der Waals surface area contributed by atoms with Gasteiger partial charge in [-0.25, -0.2) is 0 Å². The molecule has 0 atom stereocenters. The number of nitrogens with one attached hydrogen (secondary N) is 1. The van der Waals surface area contributed by atoms with Crippen LogP contribution in [0.25, 0.3) is 0 Å². The normalized spacial score (nSPS) is 9.31. The Hall–Kier alpha value is -1.84. The molecule has 4 nitrogen and oxygen atoms in total. The molecule has 0 heterocycles. The number of carbonyl (C=O) groups excluding carboxylic acids is 1. The molecule has 0 saturated heterocycles. The molecule has 0 fully saturated rings. The molecule has 0 aromatic heterocycles. The van der Waals surface area contributed by atoms with Crippen molar-refractivity contribution in [3.63, 3.8) is 0 Å². The zero-order chi connectivity index (χ0) is 9.84. The highest BCUT2D eigenvalue weighted by molar-refractivity contribution is 6.05. The third-order valence-electron chi connectivity index (χ3n) is 1.64. The lowest BCUT2D eigenvalue weighted by Crippen LogP contribution is -2.16. The summed E-state index contributed by atoms with van der Waals surface area (Å²) in [4.78, 5) is 10.9. The lowest BCUT2D eigenvalue weighted by atomic mass is 10.1. The smallest absolute Gasteiger partial charge is 0.249 e. The van der Waals surface area contributed by atoms with Crippen LogP contribution in [0, 0.1) is 5.41 Å². The second-order valence-electron chi connectivity index (χ2n) is 2.44. The Morgan fingerprint density at radius 1 is 1.38 bits per heavy atom. The standard InChI is InChI=1S/C9H10N2O2/c1-13-9(11)7-5-3-2-4-6(7)8(10)12/h2-5,11H,1H3,(H2,10,12). The molecule has 68 valence electrons. The van der Waals surface area contributed by atoms with E-state index < -0.39 is 5.91 Å². The van der Waals surface area contributed by atoms with Gasteiger partial charge in [-0.05, 0) is 12.1 Å². The lowest BCUT2D eigenvalue weighted by Gasteiger charge is -2.05. The van der Waals surface area contributed by atoms with Crippen LogP contribution in [-0.4, -0.2) is 18.9 Å². The molecule has 0 radical (unpaired) electrons. The summed E-state index contributed by atoms with van der Waals surface area (Å²) in [5.74, 6) is -0.619. The summed E-state index contributed by atoms with van der Waals surface area (Å²) in [5, 5.41) is 7.38. The Morgan fingerprint density at radius 3 is 2.38 bits per heavy atom. The largest absolute Gasteiger partial charge is 0.481 e. The number of ether oxygens (including phenoxy) is 1.